The predicted octanol–water partition coefficient (Wildman–Crippen LogP) is 2.93. The molecule has 2 atom stereocenters. The van der Waals surface area contributed by atoms with Crippen LogP contribution in [0.15, 0.2) is 0 Å². The van der Waals surface area contributed by atoms with Crippen molar-refractivity contribution in [2.45, 2.75) is 64.3 Å². The molecule has 1 saturated carbocycles. The molecule has 2 aliphatic rings. The molecule has 0 aromatic carbocycles. The number of nitrogens with zero attached hydrogens (tertiary/aromatic N) is 1. The Kier molecular flexibility index (Phi) is 4.04. The van der Waals surface area contributed by atoms with Gasteiger partial charge in [0.2, 0.25) is 0 Å². The van der Waals surface area contributed by atoms with Crippen molar-refractivity contribution in [1.29, 1.82) is 0 Å². The Morgan fingerprint density at radius 1 is 1.07 bits per heavy atom. The average Bonchev–Trinajstić information content (AvgIpc) is 2.31. The van der Waals surface area contributed by atoms with Crippen molar-refractivity contribution in [1.82, 2.24) is 5.01 Å². The fraction of sp³-hybridized carbons (Fsp3) is 1.00. The molecule has 0 radical (unpaired) electrons. The Bertz CT molecular complexity index is 187. The minimum absolute atomic E-state index is 0.658. The van der Waals surface area contributed by atoms with Gasteiger partial charge in [-0.15, -0.1) is 0 Å². The lowest BCUT2D eigenvalue weighted by Crippen LogP contribution is -2.47. The van der Waals surface area contributed by atoms with Gasteiger partial charge in [-0.05, 0) is 31.1 Å². The summed E-state index contributed by atoms with van der Waals surface area (Å²) in [5, 5.41) is 2.08. The smallest absolute Gasteiger partial charge is 0.0241 e. The van der Waals surface area contributed by atoms with E-state index in [1.165, 1.54) is 51.4 Å². The van der Waals surface area contributed by atoms with Gasteiger partial charge in [0.15, 0.2) is 0 Å². The van der Waals surface area contributed by atoms with Gasteiger partial charge in [0.25, 0.3) is 0 Å². The molecule has 2 fully saturated rings. The van der Waals surface area contributed by atoms with Crippen molar-refractivity contribution in [2.24, 2.45) is 17.7 Å². The Balaban J connectivity index is 1.87. The monoisotopic (exact) mass is 210 g/mol. The Morgan fingerprint density at radius 3 is 2.47 bits per heavy atom. The summed E-state index contributed by atoms with van der Waals surface area (Å²) in [4.78, 5) is 0. The second-order valence-corrected chi connectivity index (χ2v) is 5.48. The van der Waals surface area contributed by atoms with Crippen molar-refractivity contribution in [3.05, 3.63) is 0 Å². The van der Waals surface area contributed by atoms with E-state index in [9.17, 15) is 0 Å². The molecule has 2 heteroatoms. The minimum Gasteiger partial charge on any atom is -0.269 e. The summed E-state index contributed by atoms with van der Waals surface area (Å²) in [5.41, 5.74) is 0. The van der Waals surface area contributed by atoms with E-state index in [0.717, 1.165) is 18.4 Å². The molecule has 0 aromatic heterocycles. The SMILES string of the molecule is CCC1CC(C2CCCCC2)CCN1N. The zero-order valence-corrected chi connectivity index (χ0v) is 10.1. The normalized spacial score (nSPS) is 35.6. The standard InChI is InChI=1S/C13H26N2/c1-2-13-10-12(8-9-15(13)14)11-6-4-3-5-7-11/h11-13H,2-10,14H2,1H3. The largest absolute Gasteiger partial charge is 0.269 e. The molecular weight excluding hydrogens is 184 g/mol. The van der Waals surface area contributed by atoms with E-state index in [2.05, 4.69) is 11.9 Å². The third-order valence-corrected chi connectivity index (χ3v) is 4.59. The molecule has 2 rings (SSSR count). The maximum Gasteiger partial charge on any atom is 0.0241 e. The van der Waals surface area contributed by atoms with Crippen LogP contribution in [-0.2, 0) is 0 Å². The maximum atomic E-state index is 6.01. The Labute approximate surface area is 94.2 Å². The lowest BCUT2D eigenvalue weighted by atomic mass is 9.74. The summed E-state index contributed by atoms with van der Waals surface area (Å²) in [6, 6.07) is 0.658. The van der Waals surface area contributed by atoms with Gasteiger partial charge < -0.3 is 0 Å². The fourth-order valence-corrected chi connectivity index (χ4v) is 3.54. The van der Waals surface area contributed by atoms with Gasteiger partial charge in [-0.3, -0.25) is 5.84 Å². The van der Waals surface area contributed by atoms with Crippen molar-refractivity contribution in [2.75, 3.05) is 6.54 Å². The summed E-state index contributed by atoms with van der Waals surface area (Å²) >= 11 is 0. The van der Waals surface area contributed by atoms with Crippen LogP contribution in [0.4, 0.5) is 0 Å². The third-order valence-electron chi connectivity index (χ3n) is 4.59. The first-order valence-electron chi connectivity index (χ1n) is 6.82. The van der Waals surface area contributed by atoms with Gasteiger partial charge in [-0.2, -0.15) is 0 Å². The first kappa shape index (κ1) is 11.4. The molecule has 1 aliphatic carbocycles. The van der Waals surface area contributed by atoms with E-state index < -0.39 is 0 Å². The molecular formula is C13H26N2. The van der Waals surface area contributed by atoms with Crippen molar-refractivity contribution in [3.63, 3.8) is 0 Å². The zero-order valence-electron chi connectivity index (χ0n) is 10.1. The number of piperidine rings is 1. The zero-order chi connectivity index (χ0) is 10.7. The molecule has 0 amide bonds. The summed E-state index contributed by atoms with van der Waals surface area (Å²) in [5.74, 6) is 8.03. The predicted molar refractivity (Wildman–Crippen MR) is 64.3 cm³/mol. The van der Waals surface area contributed by atoms with Crippen molar-refractivity contribution >= 4 is 0 Å². The fourth-order valence-electron chi connectivity index (χ4n) is 3.54. The lowest BCUT2D eigenvalue weighted by molar-refractivity contribution is 0.0723. The van der Waals surface area contributed by atoms with E-state index in [0.29, 0.717) is 6.04 Å². The number of nitrogens with two attached hydrogens (primary N) is 1. The molecule has 1 aliphatic heterocycles. The molecule has 1 heterocycles. The maximum absolute atomic E-state index is 6.01. The highest BCUT2D eigenvalue weighted by atomic mass is 15.4. The van der Waals surface area contributed by atoms with Crippen LogP contribution in [0.2, 0.25) is 0 Å². The van der Waals surface area contributed by atoms with Crippen LogP contribution in [0.1, 0.15) is 58.3 Å². The summed E-state index contributed by atoms with van der Waals surface area (Å²) in [6.45, 7) is 3.40. The Morgan fingerprint density at radius 2 is 1.80 bits per heavy atom. The van der Waals surface area contributed by atoms with Crippen molar-refractivity contribution in [3.8, 4) is 0 Å². The van der Waals surface area contributed by atoms with Gasteiger partial charge in [-0.1, -0.05) is 39.0 Å². The van der Waals surface area contributed by atoms with Gasteiger partial charge in [0.1, 0.15) is 0 Å². The van der Waals surface area contributed by atoms with Crippen molar-refractivity contribution < 1.29 is 0 Å². The van der Waals surface area contributed by atoms with E-state index >= 15 is 0 Å². The van der Waals surface area contributed by atoms with Gasteiger partial charge in [-0.25, -0.2) is 5.01 Å². The molecule has 15 heavy (non-hydrogen) atoms. The molecule has 2 unspecified atom stereocenters. The highest BCUT2D eigenvalue weighted by Gasteiger charge is 2.31. The number of hydrogen-bond donors (Lipinski definition) is 1. The van der Waals surface area contributed by atoms with Crippen LogP contribution < -0.4 is 5.84 Å². The van der Waals surface area contributed by atoms with Crippen LogP contribution in [0, 0.1) is 11.8 Å². The van der Waals surface area contributed by atoms with E-state index in [-0.39, 0.29) is 0 Å². The highest BCUT2D eigenvalue weighted by molar-refractivity contribution is 4.83. The molecule has 1 saturated heterocycles. The van der Waals surface area contributed by atoms with Gasteiger partial charge in [0.05, 0.1) is 0 Å². The van der Waals surface area contributed by atoms with E-state index in [4.69, 9.17) is 5.84 Å². The van der Waals surface area contributed by atoms with Crippen LogP contribution in [0.3, 0.4) is 0 Å². The lowest BCUT2D eigenvalue weighted by Gasteiger charge is -2.40. The molecule has 0 spiro atoms. The average molecular weight is 210 g/mol. The second kappa shape index (κ2) is 5.31. The number of hydrogen-bond acceptors (Lipinski definition) is 2. The van der Waals surface area contributed by atoms with Gasteiger partial charge in [0, 0.05) is 12.6 Å². The topological polar surface area (TPSA) is 29.3 Å². The first-order chi connectivity index (χ1) is 7.31. The van der Waals surface area contributed by atoms with Crippen LogP contribution in [-0.4, -0.2) is 17.6 Å². The third kappa shape index (κ3) is 2.73. The van der Waals surface area contributed by atoms with Crippen LogP contribution in [0.25, 0.3) is 0 Å². The van der Waals surface area contributed by atoms with E-state index in [1.54, 1.807) is 0 Å². The number of hydrazine groups is 1. The highest BCUT2D eigenvalue weighted by Crippen LogP contribution is 2.37. The first-order valence-corrected chi connectivity index (χ1v) is 6.82. The summed E-state index contributed by atoms with van der Waals surface area (Å²) < 4.78 is 0. The van der Waals surface area contributed by atoms with Gasteiger partial charge >= 0.3 is 0 Å². The van der Waals surface area contributed by atoms with E-state index in [1.807, 2.05) is 0 Å². The Hall–Kier alpha value is -0.0800. The molecule has 2 N–H and O–H groups in total. The molecule has 0 aromatic rings. The molecule has 88 valence electrons. The van der Waals surface area contributed by atoms with Crippen LogP contribution >= 0.6 is 0 Å². The summed E-state index contributed by atoms with van der Waals surface area (Å²) in [6.07, 6.45) is 11.3. The second-order valence-electron chi connectivity index (χ2n) is 5.48. The number of rotatable bonds is 2. The quantitative estimate of drug-likeness (QED) is 0.710. The van der Waals surface area contributed by atoms with Crippen LogP contribution in [0.5, 0.6) is 0 Å². The minimum atomic E-state index is 0.658. The molecule has 2 nitrogen and oxygen atoms in total. The molecule has 0 bridgehead atoms. The summed E-state index contributed by atoms with van der Waals surface area (Å²) in [7, 11) is 0.